The van der Waals surface area contributed by atoms with Crippen molar-refractivity contribution in [2.75, 3.05) is 0 Å². The maximum absolute atomic E-state index is 12.7. The summed E-state index contributed by atoms with van der Waals surface area (Å²) in [5, 5.41) is 9.19. The highest BCUT2D eigenvalue weighted by atomic mass is 16.4. The maximum Gasteiger partial charge on any atom is 0.335 e. The Labute approximate surface area is 151 Å². The lowest BCUT2D eigenvalue weighted by molar-refractivity contribution is 0.0697. The van der Waals surface area contributed by atoms with E-state index in [-0.39, 0.29) is 11.1 Å². The smallest absolute Gasteiger partial charge is 0.335 e. The summed E-state index contributed by atoms with van der Waals surface area (Å²) in [5.41, 5.74) is 4.68. The third-order valence-corrected chi connectivity index (χ3v) is 4.38. The van der Waals surface area contributed by atoms with E-state index >= 15 is 0 Å². The van der Waals surface area contributed by atoms with Crippen molar-refractivity contribution in [3.05, 3.63) is 74.7 Å². The van der Waals surface area contributed by atoms with Crippen LogP contribution in [0.1, 0.15) is 39.7 Å². The van der Waals surface area contributed by atoms with E-state index in [0.29, 0.717) is 23.3 Å². The van der Waals surface area contributed by atoms with E-state index in [9.17, 15) is 14.7 Å². The van der Waals surface area contributed by atoms with Gasteiger partial charge in [-0.3, -0.25) is 4.79 Å². The first-order chi connectivity index (χ1) is 12.4. The standard InChI is InChI=1S/C21H20N2O3/c1-4-23-19-10-8-16(21(25)26)12-18(19)22-17(20(23)24)9-7-15-6-5-13(2)11-14(15)3/h5-12H,4H2,1-3H3,(H,25,26)/b9-7+. The Morgan fingerprint density at radius 1 is 1.15 bits per heavy atom. The summed E-state index contributed by atoms with van der Waals surface area (Å²) >= 11 is 0. The van der Waals surface area contributed by atoms with Crippen LogP contribution in [-0.2, 0) is 6.54 Å². The van der Waals surface area contributed by atoms with E-state index in [2.05, 4.69) is 11.1 Å². The molecule has 0 spiro atoms. The van der Waals surface area contributed by atoms with Crippen LogP contribution in [0.3, 0.4) is 0 Å². The minimum atomic E-state index is -1.02. The van der Waals surface area contributed by atoms with Gasteiger partial charge in [0.05, 0.1) is 16.6 Å². The summed E-state index contributed by atoms with van der Waals surface area (Å²) in [7, 11) is 0. The van der Waals surface area contributed by atoms with E-state index in [1.165, 1.54) is 17.7 Å². The molecule has 3 rings (SSSR count). The van der Waals surface area contributed by atoms with Crippen molar-refractivity contribution in [1.82, 2.24) is 9.55 Å². The largest absolute Gasteiger partial charge is 0.478 e. The first kappa shape index (κ1) is 17.6. The van der Waals surface area contributed by atoms with Crippen molar-refractivity contribution < 1.29 is 9.90 Å². The molecule has 0 unspecified atom stereocenters. The van der Waals surface area contributed by atoms with Crippen LogP contribution in [0.2, 0.25) is 0 Å². The fourth-order valence-corrected chi connectivity index (χ4v) is 3.00. The Bertz CT molecular complexity index is 1090. The highest BCUT2D eigenvalue weighted by molar-refractivity contribution is 5.92. The lowest BCUT2D eigenvalue weighted by Crippen LogP contribution is -2.23. The van der Waals surface area contributed by atoms with Gasteiger partial charge in [0.15, 0.2) is 0 Å². The van der Waals surface area contributed by atoms with Crippen LogP contribution in [0.4, 0.5) is 0 Å². The average Bonchev–Trinajstić information content (AvgIpc) is 2.60. The van der Waals surface area contributed by atoms with E-state index in [0.717, 1.165) is 11.1 Å². The van der Waals surface area contributed by atoms with Gasteiger partial charge in [0.2, 0.25) is 0 Å². The van der Waals surface area contributed by atoms with Gasteiger partial charge in [-0.25, -0.2) is 9.78 Å². The van der Waals surface area contributed by atoms with Crippen LogP contribution in [0.25, 0.3) is 23.2 Å². The number of carboxylic acid groups (broad SMARTS) is 1. The molecule has 0 aliphatic carbocycles. The van der Waals surface area contributed by atoms with E-state index in [1.54, 1.807) is 16.7 Å². The minimum Gasteiger partial charge on any atom is -0.478 e. The summed E-state index contributed by atoms with van der Waals surface area (Å²) in [6.07, 6.45) is 3.56. The molecule has 0 aliphatic heterocycles. The molecule has 0 aliphatic rings. The molecule has 26 heavy (non-hydrogen) atoms. The van der Waals surface area contributed by atoms with Crippen LogP contribution in [-0.4, -0.2) is 20.6 Å². The molecule has 0 radical (unpaired) electrons. The second-order valence-corrected chi connectivity index (χ2v) is 6.25. The molecular formula is C21H20N2O3. The number of rotatable bonds is 4. The highest BCUT2D eigenvalue weighted by Crippen LogP contribution is 2.16. The monoisotopic (exact) mass is 348 g/mol. The number of carboxylic acids is 1. The van der Waals surface area contributed by atoms with Crippen molar-refractivity contribution in [2.24, 2.45) is 0 Å². The number of aromatic nitrogens is 2. The molecule has 0 saturated carbocycles. The highest BCUT2D eigenvalue weighted by Gasteiger charge is 2.11. The lowest BCUT2D eigenvalue weighted by atomic mass is 10.1. The number of hydrogen-bond acceptors (Lipinski definition) is 3. The van der Waals surface area contributed by atoms with Crippen molar-refractivity contribution in [3.63, 3.8) is 0 Å². The fraction of sp³-hybridized carbons (Fsp3) is 0.190. The van der Waals surface area contributed by atoms with Crippen molar-refractivity contribution in [2.45, 2.75) is 27.3 Å². The van der Waals surface area contributed by atoms with Gasteiger partial charge < -0.3 is 9.67 Å². The maximum atomic E-state index is 12.7. The summed E-state index contributed by atoms with van der Waals surface area (Å²) in [5.74, 6) is -1.02. The molecule has 132 valence electrons. The first-order valence-corrected chi connectivity index (χ1v) is 8.44. The quantitative estimate of drug-likeness (QED) is 0.776. The lowest BCUT2D eigenvalue weighted by Gasteiger charge is -2.09. The van der Waals surface area contributed by atoms with Gasteiger partial charge in [0, 0.05) is 6.54 Å². The molecule has 1 heterocycles. The van der Waals surface area contributed by atoms with Gasteiger partial charge >= 0.3 is 5.97 Å². The van der Waals surface area contributed by atoms with Crippen molar-refractivity contribution in [1.29, 1.82) is 0 Å². The fourth-order valence-electron chi connectivity index (χ4n) is 3.00. The van der Waals surface area contributed by atoms with Crippen molar-refractivity contribution in [3.8, 4) is 0 Å². The average molecular weight is 348 g/mol. The zero-order valence-corrected chi connectivity index (χ0v) is 15.0. The van der Waals surface area contributed by atoms with Gasteiger partial charge in [-0.2, -0.15) is 0 Å². The van der Waals surface area contributed by atoms with Crippen LogP contribution in [0.15, 0.2) is 41.2 Å². The van der Waals surface area contributed by atoms with E-state index < -0.39 is 5.97 Å². The number of benzene rings is 2. The third kappa shape index (κ3) is 3.28. The van der Waals surface area contributed by atoms with Crippen LogP contribution in [0.5, 0.6) is 0 Å². The third-order valence-electron chi connectivity index (χ3n) is 4.38. The Kier molecular flexibility index (Phi) is 4.71. The predicted molar refractivity (Wildman–Crippen MR) is 103 cm³/mol. The second kappa shape index (κ2) is 6.96. The summed E-state index contributed by atoms with van der Waals surface area (Å²) in [6.45, 7) is 6.41. The molecule has 0 bridgehead atoms. The predicted octanol–water partition coefficient (Wildman–Crippen LogP) is 3.90. The second-order valence-electron chi connectivity index (χ2n) is 6.25. The van der Waals surface area contributed by atoms with Gasteiger partial charge in [0.25, 0.3) is 5.56 Å². The Balaban J connectivity index is 2.15. The van der Waals surface area contributed by atoms with Crippen LogP contribution >= 0.6 is 0 Å². The van der Waals surface area contributed by atoms with Gasteiger partial charge in [-0.15, -0.1) is 0 Å². The molecule has 3 aromatic rings. The number of aromatic carboxylic acids is 1. The van der Waals surface area contributed by atoms with Crippen LogP contribution < -0.4 is 5.56 Å². The zero-order valence-electron chi connectivity index (χ0n) is 15.0. The number of aryl methyl sites for hydroxylation is 3. The van der Waals surface area contributed by atoms with Gasteiger partial charge in [-0.1, -0.05) is 29.8 Å². The SMILES string of the molecule is CCn1c(=O)c(/C=C/c2ccc(C)cc2C)nc2cc(C(=O)O)ccc21. The molecule has 2 aromatic carbocycles. The zero-order chi connectivity index (χ0) is 18.8. The van der Waals surface area contributed by atoms with Gasteiger partial charge in [-0.05, 0) is 56.2 Å². The molecule has 0 atom stereocenters. The minimum absolute atomic E-state index is 0.149. The van der Waals surface area contributed by atoms with Gasteiger partial charge in [0.1, 0.15) is 5.69 Å². The summed E-state index contributed by atoms with van der Waals surface area (Å²) in [6, 6.07) is 10.7. The van der Waals surface area contributed by atoms with E-state index in [1.807, 2.05) is 39.0 Å². The summed E-state index contributed by atoms with van der Waals surface area (Å²) in [4.78, 5) is 28.3. The normalized spacial score (nSPS) is 11.3. The number of carbonyl (C=O) groups is 1. The molecule has 5 heteroatoms. The Morgan fingerprint density at radius 2 is 1.92 bits per heavy atom. The van der Waals surface area contributed by atoms with E-state index in [4.69, 9.17) is 0 Å². The number of fused-ring (bicyclic) bond motifs is 1. The van der Waals surface area contributed by atoms with Crippen LogP contribution in [0, 0.1) is 13.8 Å². The molecular weight excluding hydrogens is 328 g/mol. The number of nitrogens with zero attached hydrogens (tertiary/aromatic N) is 2. The Hall–Kier alpha value is -3.21. The Morgan fingerprint density at radius 3 is 2.58 bits per heavy atom. The van der Waals surface area contributed by atoms with Crippen molar-refractivity contribution >= 4 is 29.2 Å². The molecule has 1 aromatic heterocycles. The molecule has 0 fully saturated rings. The number of hydrogen-bond donors (Lipinski definition) is 1. The molecule has 1 N–H and O–H groups in total. The summed E-state index contributed by atoms with van der Waals surface area (Å²) < 4.78 is 1.61. The molecule has 5 nitrogen and oxygen atoms in total. The first-order valence-electron chi connectivity index (χ1n) is 8.44. The molecule has 0 saturated heterocycles. The molecule has 0 amide bonds. The topological polar surface area (TPSA) is 72.2 Å².